The van der Waals surface area contributed by atoms with Gasteiger partial charge in [0.25, 0.3) is 0 Å². The molecule has 2 aliphatic rings. The maximum Gasteiger partial charge on any atom is 0.410 e. The van der Waals surface area contributed by atoms with Gasteiger partial charge in [-0.1, -0.05) is 0 Å². The van der Waals surface area contributed by atoms with E-state index >= 15 is 0 Å². The molecular formula is C15H22N2O2S. The normalized spacial score (nSPS) is 23.1. The van der Waals surface area contributed by atoms with Gasteiger partial charge in [0.1, 0.15) is 5.60 Å². The molecule has 0 N–H and O–H groups in total. The topological polar surface area (TPSA) is 32.8 Å². The number of thiophene rings is 1. The monoisotopic (exact) mass is 294 g/mol. The molecule has 0 bridgehead atoms. The van der Waals surface area contributed by atoms with Gasteiger partial charge in [0, 0.05) is 31.1 Å². The van der Waals surface area contributed by atoms with Gasteiger partial charge in [0.05, 0.1) is 6.04 Å². The van der Waals surface area contributed by atoms with Crippen molar-refractivity contribution in [1.29, 1.82) is 0 Å². The van der Waals surface area contributed by atoms with Crippen LogP contribution in [0.25, 0.3) is 0 Å². The Morgan fingerprint density at radius 1 is 1.35 bits per heavy atom. The van der Waals surface area contributed by atoms with Gasteiger partial charge < -0.3 is 9.64 Å². The number of rotatable bonds is 0. The van der Waals surface area contributed by atoms with Crippen LogP contribution in [0, 0.1) is 0 Å². The van der Waals surface area contributed by atoms with Crippen molar-refractivity contribution in [1.82, 2.24) is 9.80 Å². The SMILES string of the molecule is CC(C)(C)OC(=O)N1CCN2CCc3ccsc3C2C1. The molecule has 1 atom stereocenters. The summed E-state index contributed by atoms with van der Waals surface area (Å²) in [7, 11) is 0. The minimum Gasteiger partial charge on any atom is -0.444 e. The first-order chi connectivity index (χ1) is 9.44. The fourth-order valence-corrected chi connectivity index (χ4v) is 4.02. The summed E-state index contributed by atoms with van der Waals surface area (Å²) in [6.07, 6.45) is 0.961. The maximum absolute atomic E-state index is 12.2. The van der Waals surface area contributed by atoms with Gasteiger partial charge in [-0.15, -0.1) is 11.3 Å². The van der Waals surface area contributed by atoms with Crippen molar-refractivity contribution in [2.24, 2.45) is 0 Å². The highest BCUT2D eigenvalue weighted by Crippen LogP contribution is 2.36. The predicted molar refractivity (Wildman–Crippen MR) is 80.1 cm³/mol. The summed E-state index contributed by atoms with van der Waals surface area (Å²) in [5, 5.41) is 2.17. The first-order valence-corrected chi connectivity index (χ1v) is 8.10. The Hall–Kier alpha value is -1.07. The molecule has 0 radical (unpaired) electrons. The van der Waals surface area contributed by atoms with Crippen LogP contribution >= 0.6 is 11.3 Å². The molecule has 1 fully saturated rings. The van der Waals surface area contributed by atoms with Crippen LogP contribution in [0.1, 0.15) is 37.3 Å². The van der Waals surface area contributed by atoms with Crippen molar-refractivity contribution >= 4 is 17.4 Å². The Balaban J connectivity index is 1.73. The molecule has 3 rings (SSSR count). The minimum absolute atomic E-state index is 0.180. The molecule has 4 nitrogen and oxygen atoms in total. The Labute approximate surface area is 124 Å². The van der Waals surface area contributed by atoms with Crippen molar-refractivity contribution in [3.63, 3.8) is 0 Å². The molecule has 5 heteroatoms. The quantitative estimate of drug-likeness (QED) is 0.737. The molecule has 0 spiro atoms. The Kier molecular flexibility index (Phi) is 3.50. The van der Waals surface area contributed by atoms with E-state index in [1.807, 2.05) is 37.0 Å². The lowest BCUT2D eigenvalue weighted by atomic mass is 9.99. The summed E-state index contributed by atoms with van der Waals surface area (Å²) in [5.74, 6) is 0. The zero-order valence-electron chi connectivity index (χ0n) is 12.4. The molecule has 1 saturated heterocycles. The number of carbonyl (C=O) groups excluding carboxylic acids is 1. The highest BCUT2D eigenvalue weighted by Gasteiger charge is 2.36. The molecule has 20 heavy (non-hydrogen) atoms. The third-order valence-electron chi connectivity index (χ3n) is 3.89. The fraction of sp³-hybridized carbons (Fsp3) is 0.667. The molecule has 2 aliphatic heterocycles. The second-order valence-corrected chi connectivity index (χ2v) is 7.49. The van der Waals surface area contributed by atoms with E-state index in [0.29, 0.717) is 6.04 Å². The standard InChI is InChI=1S/C15H22N2O2S/c1-15(2,3)19-14(18)17-8-7-16-6-4-11-5-9-20-13(11)12(16)10-17/h5,9,12H,4,6-8,10H2,1-3H3. The van der Waals surface area contributed by atoms with Crippen LogP contribution in [0.4, 0.5) is 4.79 Å². The lowest BCUT2D eigenvalue weighted by Crippen LogP contribution is -2.53. The van der Waals surface area contributed by atoms with Crippen LogP contribution in [0.3, 0.4) is 0 Å². The van der Waals surface area contributed by atoms with Crippen molar-refractivity contribution in [3.05, 3.63) is 21.9 Å². The van der Waals surface area contributed by atoms with Crippen LogP contribution in [0.15, 0.2) is 11.4 Å². The summed E-state index contributed by atoms with van der Waals surface area (Å²) >= 11 is 1.82. The fourth-order valence-electron chi connectivity index (χ4n) is 2.94. The third-order valence-corrected chi connectivity index (χ3v) is 4.96. The molecule has 0 aliphatic carbocycles. The van der Waals surface area contributed by atoms with Gasteiger partial charge in [0.15, 0.2) is 0 Å². The van der Waals surface area contributed by atoms with E-state index in [1.54, 1.807) is 0 Å². The number of piperazine rings is 1. The second kappa shape index (κ2) is 5.04. The van der Waals surface area contributed by atoms with Gasteiger partial charge in [-0.05, 0) is 44.2 Å². The molecule has 1 amide bonds. The summed E-state index contributed by atoms with van der Waals surface area (Å²) in [6.45, 7) is 9.32. The Bertz CT molecular complexity index is 506. The van der Waals surface area contributed by atoms with Crippen LogP contribution < -0.4 is 0 Å². The van der Waals surface area contributed by atoms with Crippen LogP contribution in [-0.2, 0) is 11.2 Å². The zero-order chi connectivity index (χ0) is 14.3. The summed E-state index contributed by atoms with van der Waals surface area (Å²) < 4.78 is 5.50. The zero-order valence-corrected chi connectivity index (χ0v) is 13.2. The van der Waals surface area contributed by atoms with Gasteiger partial charge in [-0.2, -0.15) is 0 Å². The van der Waals surface area contributed by atoms with Crippen molar-refractivity contribution < 1.29 is 9.53 Å². The van der Waals surface area contributed by atoms with E-state index in [0.717, 1.165) is 32.6 Å². The van der Waals surface area contributed by atoms with Gasteiger partial charge in [-0.3, -0.25) is 4.90 Å². The molecule has 1 unspecified atom stereocenters. The van der Waals surface area contributed by atoms with E-state index in [2.05, 4.69) is 16.3 Å². The summed E-state index contributed by atoms with van der Waals surface area (Å²) in [4.78, 5) is 18.0. The van der Waals surface area contributed by atoms with E-state index < -0.39 is 5.60 Å². The molecule has 0 aromatic carbocycles. The van der Waals surface area contributed by atoms with E-state index in [1.165, 1.54) is 10.4 Å². The smallest absolute Gasteiger partial charge is 0.410 e. The molecule has 3 heterocycles. The Morgan fingerprint density at radius 3 is 2.90 bits per heavy atom. The average Bonchev–Trinajstić information content (AvgIpc) is 2.84. The highest BCUT2D eigenvalue weighted by atomic mass is 32.1. The number of nitrogens with zero attached hydrogens (tertiary/aromatic N) is 2. The Morgan fingerprint density at radius 2 is 2.15 bits per heavy atom. The van der Waals surface area contributed by atoms with Crippen molar-refractivity contribution in [3.8, 4) is 0 Å². The average molecular weight is 294 g/mol. The van der Waals surface area contributed by atoms with Gasteiger partial charge >= 0.3 is 6.09 Å². The lowest BCUT2D eigenvalue weighted by Gasteiger charge is -2.43. The van der Waals surface area contributed by atoms with E-state index in [9.17, 15) is 4.79 Å². The molecule has 110 valence electrons. The number of hydrogen-bond acceptors (Lipinski definition) is 4. The summed E-state index contributed by atoms with van der Waals surface area (Å²) in [5.41, 5.74) is 1.04. The first kappa shape index (κ1) is 13.9. The van der Waals surface area contributed by atoms with Crippen molar-refractivity contribution in [2.45, 2.75) is 38.8 Å². The van der Waals surface area contributed by atoms with Gasteiger partial charge in [0.2, 0.25) is 0 Å². The molecule has 0 saturated carbocycles. The number of amides is 1. The molecular weight excluding hydrogens is 272 g/mol. The molecule has 1 aromatic rings. The highest BCUT2D eigenvalue weighted by molar-refractivity contribution is 7.10. The van der Waals surface area contributed by atoms with E-state index in [-0.39, 0.29) is 6.09 Å². The lowest BCUT2D eigenvalue weighted by molar-refractivity contribution is 0.00247. The largest absolute Gasteiger partial charge is 0.444 e. The maximum atomic E-state index is 12.2. The molecule has 1 aromatic heterocycles. The van der Waals surface area contributed by atoms with Crippen molar-refractivity contribution in [2.75, 3.05) is 26.2 Å². The number of hydrogen-bond donors (Lipinski definition) is 0. The third kappa shape index (κ3) is 2.69. The van der Waals surface area contributed by atoms with Crippen LogP contribution in [0.5, 0.6) is 0 Å². The van der Waals surface area contributed by atoms with Gasteiger partial charge in [-0.25, -0.2) is 4.79 Å². The first-order valence-electron chi connectivity index (χ1n) is 7.22. The van der Waals surface area contributed by atoms with Crippen LogP contribution in [-0.4, -0.2) is 47.7 Å². The second-order valence-electron chi connectivity index (χ2n) is 6.54. The predicted octanol–water partition coefficient (Wildman–Crippen LogP) is 2.90. The number of fused-ring (bicyclic) bond motifs is 3. The number of carbonyl (C=O) groups is 1. The summed E-state index contributed by atoms with van der Waals surface area (Å²) in [6, 6.07) is 2.59. The van der Waals surface area contributed by atoms with E-state index in [4.69, 9.17) is 4.74 Å². The number of ether oxygens (including phenoxy) is 1. The minimum atomic E-state index is -0.422. The van der Waals surface area contributed by atoms with Crippen LogP contribution in [0.2, 0.25) is 0 Å².